The molecule has 0 aliphatic rings. The van der Waals surface area contributed by atoms with E-state index < -0.39 is 0 Å². The predicted octanol–water partition coefficient (Wildman–Crippen LogP) is 0.811. The number of thiazole rings is 1. The Morgan fingerprint density at radius 2 is 2.19 bits per heavy atom. The Bertz CT molecular complexity index is 500. The molecule has 86 valence electrons. The highest BCUT2D eigenvalue weighted by Crippen LogP contribution is 2.07. The van der Waals surface area contributed by atoms with Gasteiger partial charge < -0.3 is 19.8 Å². The van der Waals surface area contributed by atoms with Gasteiger partial charge in [-0.15, -0.1) is 0 Å². The molecule has 3 N–H and O–H groups in total. The maximum absolute atomic E-state index is 10.9. The van der Waals surface area contributed by atoms with E-state index in [1.807, 2.05) is 6.07 Å². The van der Waals surface area contributed by atoms with Crippen molar-refractivity contribution in [1.82, 2.24) is 10.3 Å². The summed E-state index contributed by atoms with van der Waals surface area (Å²) >= 11 is 1.15. The van der Waals surface area contributed by atoms with Crippen LogP contribution in [-0.4, -0.2) is 10.1 Å². The second kappa shape index (κ2) is 5.11. The van der Waals surface area contributed by atoms with Crippen molar-refractivity contribution in [3.63, 3.8) is 0 Å². The average molecular weight is 240 g/mol. The Labute approximate surface area is 95.7 Å². The molecule has 0 unspecified atom stereocenters. The minimum Gasteiger partial charge on any atom is -0.462 e. The number of aromatic nitrogens is 1. The van der Waals surface area contributed by atoms with Gasteiger partial charge in [0.2, 0.25) is 0 Å². The fraction of sp³-hybridized carbons (Fsp3) is 0.300. The van der Waals surface area contributed by atoms with Crippen LogP contribution in [0.25, 0.3) is 0 Å². The first-order valence-corrected chi connectivity index (χ1v) is 5.72. The van der Waals surface area contributed by atoms with Crippen LogP contribution in [0, 0.1) is 0 Å². The molecule has 2 aromatic heterocycles. The smallest absolute Gasteiger partial charge is 0.304 e. The minimum atomic E-state index is -0.0855. The molecule has 0 fully saturated rings. The molecule has 0 radical (unpaired) electrons. The van der Waals surface area contributed by atoms with Crippen LogP contribution < -0.4 is 10.2 Å². The van der Waals surface area contributed by atoms with Crippen molar-refractivity contribution >= 4 is 11.3 Å². The molecular weight excluding hydrogens is 228 g/mol. The zero-order chi connectivity index (χ0) is 11.4. The lowest BCUT2D eigenvalue weighted by Gasteiger charge is -1.99. The second-order valence-corrected chi connectivity index (χ2v) is 4.15. The zero-order valence-electron chi connectivity index (χ0n) is 8.53. The van der Waals surface area contributed by atoms with Crippen LogP contribution in [0.2, 0.25) is 0 Å². The zero-order valence-corrected chi connectivity index (χ0v) is 9.34. The molecule has 5 nitrogen and oxygen atoms in total. The van der Waals surface area contributed by atoms with Gasteiger partial charge in [-0.1, -0.05) is 11.3 Å². The summed E-state index contributed by atoms with van der Waals surface area (Å²) in [5.74, 6) is 1.32. The first-order valence-electron chi connectivity index (χ1n) is 4.84. The van der Waals surface area contributed by atoms with Gasteiger partial charge in [0, 0.05) is 17.6 Å². The molecule has 2 heterocycles. The van der Waals surface area contributed by atoms with Gasteiger partial charge in [-0.05, 0) is 12.1 Å². The monoisotopic (exact) mass is 240 g/mol. The lowest BCUT2D eigenvalue weighted by atomic mass is 10.4. The first-order chi connectivity index (χ1) is 7.78. The van der Waals surface area contributed by atoms with Crippen LogP contribution in [0.1, 0.15) is 17.2 Å². The van der Waals surface area contributed by atoms with Crippen LogP contribution in [0.15, 0.2) is 26.7 Å². The number of aromatic amines is 1. The largest absolute Gasteiger partial charge is 0.462 e. The number of furan rings is 1. The summed E-state index contributed by atoms with van der Waals surface area (Å²) in [6, 6.07) is 3.55. The molecule has 0 aromatic carbocycles. The summed E-state index contributed by atoms with van der Waals surface area (Å²) in [6.45, 7) is 1.07. The lowest BCUT2D eigenvalue weighted by Crippen LogP contribution is -2.13. The van der Waals surface area contributed by atoms with Crippen LogP contribution in [0.3, 0.4) is 0 Å². The van der Waals surface area contributed by atoms with E-state index in [2.05, 4.69) is 10.3 Å². The Morgan fingerprint density at radius 3 is 2.81 bits per heavy atom. The van der Waals surface area contributed by atoms with Crippen molar-refractivity contribution in [3.05, 3.63) is 44.4 Å². The highest BCUT2D eigenvalue weighted by molar-refractivity contribution is 7.07. The SMILES string of the molecule is O=c1[nH]c(CNCc2ccc(CO)o2)cs1. The molecule has 0 atom stereocenters. The number of rotatable bonds is 5. The highest BCUT2D eigenvalue weighted by atomic mass is 32.1. The van der Waals surface area contributed by atoms with E-state index in [1.54, 1.807) is 11.4 Å². The van der Waals surface area contributed by atoms with Gasteiger partial charge in [0.05, 0.1) is 6.54 Å². The van der Waals surface area contributed by atoms with E-state index in [0.29, 0.717) is 18.8 Å². The molecule has 0 saturated carbocycles. The van der Waals surface area contributed by atoms with Crippen LogP contribution >= 0.6 is 11.3 Å². The Kier molecular flexibility index (Phi) is 3.55. The summed E-state index contributed by atoms with van der Waals surface area (Å²) in [5, 5.41) is 13.7. The van der Waals surface area contributed by atoms with Crippen molar-refractivity contribution in [1.29, 1.82) is 0 Å². The maximum Gasteiger partial charge on any atom is 0.304 e. The molecule has 0 amide bonds. The summed E-state index contributed by atoms with van der Waals surface area (Å²) in [6.07, 6.45) is 0. The van der Waals surface area contributed by atoms with Crippen molar-refractivity contribution in [2.24, 2.45) is 0 Å². The van der Waals surface area contributed by atoms with Crippen molar-refractivity contribution < 1.29 is 9.52 Å². The minimum absolute atomic E-state index is 0.0441. The lowest BCUT2D eigenvalue weighted by molar-refractivity contribution is 0.242. The number of H-pyrrole nitrogens is 1. The standard InChI is InChI=1S/C10H12N2O3S/c13-5-9-2-1-8(15-9)4-11-3-7-6-16-10(14)12-7/h1-2,6,11,13H,3-5H2,(H,12,14). The van der Waals surface area contributed by atoms with Gasteiger partial charge in [-0.25, -0.2) is 0 Å². The predicted molar refractivity (Wildman–Crippen MR) is 60.1 cm³/mol. The van der Waals surface area contributed by atoms with E-state index in [9.17, 15) is 4.79 Å². The molecule has 0 aliphatic carbocycles. The van der Waals surface area contributed by atoms with E-state index in [1.165, 1.54) is 0 Å². The van der Waals surface area contributed by atoms with E-state index in [4.69, 9.17) is 9.52 Å². The summed E-state index contributed by atoms with van der Waals surface area (Å²) < 4.78 is 5.29. The topological polar surface area (TPSA) is 78.3 Å². The Hall–Kier alpha value is -1.37. The summed E-state index contributed by atoms with van der Waals surface area (Å²) in [5.41, 5.74) is 0.865. The molecule has 0 bridgehead atoms. The van der Waals surface area contributed by atoms with Crippen molar-refractivity contribution in [3.8, 4) is 0 Å². The maximum atomic E-state index is 10.9. The quantitative estimate of drug-likeness (QED) is 0.722. The third-order valence-corrected chi connectivity index (χ3v) is 2.78. The van der Waals surface area contributed by atoms with Crippen LogP contribution in [0.4, 0.5) is 0 Å². The molecule has 2 aromatic rings. The normalized spacial score (nSPS) is 10.8. The van der Waals surface area contributed by atoms with E-state index >= 15 is 0 Å². The highest BCUT2D eigenvalue weighted by Gasteiger charge is 2.01. The van der Waals surface area contributed by atoms with Gasteiger partial charge in [0.25, 0.3) is 0 Å². The third-order valence-electron chi connectivity index (χ3n) is 2.06. The third kappa shape index (κ3) is 2.82. The van der Waals surface area contributed by atoms with Gasteiger partial charge in [0.15, 0.2) is 0 Å². The molecule has 0 saturated heterocycles. The number of hydrogen-bond donors (Lipinski definition) is 3. The van der Waals surface area contributed by atoms with Crippen molar-refractivity contribution in [2.75, 3.05) is 0 Å². The number of aliphatic hydroxyl groups is 1. The first kappa shape index (κ1) is 11.1. The van der Waals surface area contributed by atoms with Gasteiger partial charge >= 0.3 is 4.87 Å². The van der Waals surface area contributed by atoms with E-state index in [0.717, 1.165) is 22.8 Å². The number of hydrogen-bond acceptors (Lipinski definition) is 5. The van der Waals surface area contributed by atoms with E-state index in [-0.39, 0.29) is 11.5 Å². The molecule has 0 aliphatic heterocycles. The number of aliphatic hydroxyl groups excluding tert-OH is 1. The van der Waals surface area contributed by atoms with Crippen LogP contribution in [0.5, 0.6) is 0 Å². The summed E-state index contributed by atoms with van der Waals surface area (Å²) in [7, 11) is 0. The molecule has 0 spiro atoms. The van der Waals surface area contributed by atoms with Gasteiger partial charge in [-0.2, -0.15) is 0 Å². The molecule has 6 heteroatoms. The van der Waals surface area contributed by atoms with Crippen molar-refractivity contribution in [2.45, 2.75) is 19.7 Å². The fourth-order valence-corrected chi connectivity index (χ4v) is 1.90. The fourth-order valence-electron chi connectivity index (χ4n) is 1.32. The molecule has 2 rings (SSSR count). The Balaban J connectivity index is 1.81. The van der Waals surface area contributed by atoms with Gasteiger partial charge in [-0.3, -0.25) is 4.79 Å². The van der Waals surface area contributed by atoms with Gasteiger partial charge in [0.1, 0.15) is 18.1 Å². The molecular formula is C10H12N2O3S. The second-order valence-electron chi connectivity index (χ2n) is 3.30. The Morgan fingerprint density at radius 1 is 1.38 bits per heavy atom. The summed E-state index contributed by atoms with van der Waals surface area (Å²) in [4.78, 5) is 13.5. The van der Waals surface area contributed by atoms with Crippen LogP contribution in [-0.2, 0) is 19.7 Å². The number of nitrogens with one attached hydrogen (secondary N) is 2. The molecule has 16 heavy (non-hydrogen) atoms. The average Bonchev–Trinajstić information content (AvgIpc) is 2.88.